The Balaban J connectivity index is 2.33. The molecule has 0 saturated heterocycles. The number of ether oxygens (including phenoxy) is 1. The number of phenols is 1. The van der Waals surface area contributed by atoms with Gasteiger partial charge in [-0.25, -0.2) is 0 Å². The van der Waals surface area contributed by atoms with Gasteiger partial charge < -0.3 is 9.84 Å². The SMILES string of the molecule is COc1cc(CC2C(C)C=C(C)CC2(C)C)c(O)cc1Br. The minimum absolute atomic E-state index is 0.241. The first-order valence-electron chi connectivity index (χ1n) is 7.47. The summed E-state index contributed by atoms with van der Waals surface area (Å²) in [5, 5.41) is 10.2. The normalized spacial score (nSPS) is 24.6. The number of halogens is 1. The standard InChI is InChI=1S/C18H25BrO2/c1-11-6-12(2)14(18(3,4)10-11)7-13-8-17(21-5)15(19)9-16(13)20/h6,8-9,12,14,20H,7,10H2,1-5H3. The van der Waals surface area contributed by atoms with E-state index in [0.29, 0.717) is 17.6 Å². The molecule has 0 heterocycles. The van der Waals surface area contributed by atoms with E-state index in [1.54, 1.807) is 13.2 Å². The Morgan fingerprint density at radius 2 is 2.05 bits per heavy atom. The van der Waals surface area contributed by atoms with Crippen molar-refractivity contribution in [3.8, 4) is 11.5 Å². The van der Waals surface area contributed by atoms with Crippen molar-refractivity contribution < 1.29 is 9.84 Å². The van der Waals surface area contributed by atoms with Crippen molar-refractivity contribution >= 4 is 15.9 Å². The minimum Gasteiger partial charge on any atom is -0.508 e. The molecule has 2 unspecified atom stereocenters. The van der Waals surface area contributed by atoms with Crippen molar-refractivity contribution in [2.24, 2.45) is 17.3 Å². The van der Waals surface area contributed by atoms with E-state index >= 15 is 0 Å². The Bertz CT molecular complexity index is 561. The maximum absolute atomic E-state index is 10.2. The molecular formula is C18H25BrO2. The van der Waals surface area contributed by atoms with E-state index < -0.39 is 0 Å². The molecule has 2 nitrogen and oxygen atoms in total. The van der Waals surface area contributed by atoms with Crippen LogP contribution in [0.2, 0.25) is 0 Å². The number of methoxy groups -OCH3 is 1. The van der Waals surface area contributed by atoms with Gasteiger partial charge in [-0.05, 0) is 70.6 Å². The average Bonchev–Trinajstić information content (AvgIpc) is 2.35. The highest BCUT2D eigenvalue weighted by Crippen LogP contribution is 2.46. The van der Waals surface area contributed by atoms with E-state index in [-0.39, 0.29) is 5.41 Å². The summed E-state index contributed by atoms with van der Waals surface area (Å²) in [5.74, 6) is 2.15. The third-order valence-electron chi connectivity index (χ3n) is 4.71. The summed E-state index contributed by atoms with van der Waals surface area (Å²) in [5.41, 5.74) is 2.68. The fourth-order valence-electron chi connectivity index (χ4n) is 3.79. The number of hydrogen-bond donors (Lipinski definition) is 1. The second kappa shape index (κ2) is 6.04. The molecule has 0 spiro atoms. The molecule has 1 aliphatic carbocycles. The highest BCUT2D eigenvalue weighted by atomic mass is 79.9. The van der Waals surface area contributed by atoms with Gasteiger partial charge in [-0.2, -0.15) is 0 Å². The number of phenolic OH excluding ortho intramolecular Hbond substituents is 1. The second-order valence-electron chi connectivity index (χ2n) is 6.96. The summed E-state index contributed by atoms with van der Waals surface area (Å²) < 4.78 is 6.15. The van der Waals surface area contributed by atoms with Gasteiger partial charge in [0.1, 0.15) is 11.5 Å². The fraction of sp³-hybridized carbons (Fsp3) is 0.556. The van der Waals surface area contributed by atoms with Gasteiger partial charge in [0.2, 0.25) is 0 Å². The summed E-state index contributed by atoms with van der Waals surface area (Å²) in [7, 11) is 1.65. The van der Waals surface area contributed by atoms with Gasteiger partial charge in [0.25, 0.3) is 0 Å². The summed E-state index contributed by atoms with van der Waals surface area (Å²) in [6.45, 7) is 9.16. The molecule has 21 heavy (non-hydrogen) atoms. The Morgan fingerprint density at radius 1 is 1.38 bits per heavy atom. The third kappa shape index (κ3) is 3.45. The first kappa shape index (κ1) is 16.4. The Labute approximate surface area is 136 Å². The Hall–Kier alpha value is -0.960. The number of rotatable bonds is 3. The Morgan fingerprint density at radius 3 is 2.62 bits per heavy atom. The van der Waals surface area contributed by atoms with Crippen LogP contribution in [0.4, 0.5) is 0 Å². The molecule has 1 aromatic rings. The van der Waals surface area contributed by atoms with Crippen molar-refractivity contribution in [1.29, 1.82) is 0 Å². The first-order valence-corrected chi connectivity index (χ1v) is 8.26. The van der Waals surface area contributed by atoms with Crippen molar-refractivity contribution in [3.63, 3.8) is 0 Å². The molecule has 0 fully saturated rings. The summed E-state index contributed by atoms with van der Waals surface area (Å²) in [6, 6.07) is 3.68. The number of hydrogen-bond acceptors (Lipinski definition) is 2. The predicted octanol–water partition coefficient (Wildman–Crippen LogP) is 5.33. The second-order valence-corrected chi connectivity index (χ2v) is 7.82. The maximum atomic E-state index is 10.2. The zero-order valence-electron chi connectivity index (χ0n) is 13.5. The van der Waals surface area contributed by atoms with Crippen LogP contribution in [0.3, 0.4) is 0 Å². The topological polar surface area (TPSA) is 29.5 Å². The van der Waals surface area contributed by atoms with Crippen LogP contribution in [-0.4, -0.2) is 12.2 Å². The largest absolute Gasteiger partial charge is 0.508 e. The van der Waals surface area contributed by atoms with Crippen LogP contribution in [0.1, 0.15) is 39.7 Å². The summed E-state index contributed by atoms with van der Waals surface area (Å²) in [4.78, 5) is 0. The minimum atomic E-state index is 0.241. The number of allylic oxidation sites excluding steroid dienone is 2. The Kier molecular flexibility index (Phi) is 4.72. The molecular weight excluding hydrogens is 328 g/mol. The van der Waals surface area contributed by atoms with E-state index in [4.69, 9.17) is 4.74 Å². The highest BCUT2D eigenvalue weighted by Gasteiger charge is 2.36. The van der Waals surface area contributed by atoms with Gasteiger partial charge in [0.15, 0.2) is 0 Å². The molecule has 2 atom stereocenters. The van der Waals surface area contributed by atoms with Gasteiger partial charge in [-0.1, -0.05) is 32.4 Å². The van der Waals surface area contributed by atoms with E-state index in [0.717, 1.165) is 28.6 Å². The summed E-state index contributed by atoms with van der Waals surface area (Å²) in [6.07, 6.45) is 4.37. The average molecular weight is 353 g/mol. The van der Waals surface area contributed by atoms with Crippen LogP contribution in [0.25, 0.3) is 0 Å². The molecule has 1 N–H and O–H groups in total. The first-order chi connectivity index (χ1) is 9.74. The lowest BCUT2D eigenvalue weighted by molar-refractivity contribution is 0.152. The van der Waals surface area contributed by atoms with Gasteiger partial charge in [0, 0.05) is 0 Å². The summed E-state index contributed by atoms with van der Waals surface area (Å²) >= 11 is 3.41. The van der Waals surface area contributed by atoms with Crippen molar-refractivity contribution in [1.82, 2.24) is 0 Å². The van der Waals surface area contributed by atoms with Crippen LogP contribution in [-0.2, 0) is 6.42 Å². The predicted molar refractivity (Wildman–Crippen MR) is 90.9 cm³/mol. The van der Waals surface area contributed by atoms with Crippen molar-refractivity contribution in [3.05, 3.63) is 33.8 Å². The molecule has 1 aliphatic rings. The lowest BCUT2D eigenvalue weighted by Gasteiger charge is -2.42. The molecule has 0 saturated carbocycles. The van der Waals surface area contributed by atoms with E-state index in [2.05, 4.69) is 49.7 Å². The smallest absolute Gasteiger partial charge is 0.133 e. The van der Waals surface area contributed by atoms with E-state index in [9.17, 15) is 5.11 Å². The van der Waals surface area contributed by atoms with Gasteiger partial charge in [0.05, 0.1) is 11.6 Å². The molecule has 2 rings (SSSR count). The molecule has 0 bridgehead atoms. The zero-order chi connectivity index (χ0) is 15.8. The van der Waals surface area contributed by atoms with E-state index in [1.807, 2.05) is 6.07 Å². The van der Waals surface area contributed by atoms with Crippen LogP contribution in [0.5, 0.6) is 11.5 Å². The van der Waals surface area contributed by atoms with Crippen LogP contribution in [0, 0.1) is 17.3 Å². The van der Waals surface area contributed by atoms with Gasteiger partial charge >= 0.3 is 0 Å². The number of aromatic hydroxyl groups is 1. The zero-order valence-corrected chi connectivity index (χ0v) is 15.1. The molecule has 0 radical (unpaired) electrons. The van der Waals surface area contributed by atoms with Crippen LogP contribution >= 0.6 is 15.9 Å². The molecule has 0 amide bonds. The van der Waals surface area contributed by atoms with Crippen molar-refractivity contribution in [2.45, 2.75) is 40.5 Å². The fourth-order valence-corrected chi connectivity index (χ4v) is 4.28. The van der Waals surface area contributed by atoms with Gasteiger partial charge in [-0.3, -0.25) is 0 Å². The van der Waals surface area contributed by atoms with Crippen molar-refractivity contribution in [2.75, 3.05) is 7.11 Å². The lowest BCUT2D eigenvalue weighted by atomic mass is 9.63. The lowest BCUT2D eigenvalue weighted by Crippen LogP contribution is -2.34. The highest BCUT2D eigenvalue weighted by molar-refractivity contribution is 9.10. The quantitative estimate of drug-likeness (QED) is 0.744. The number of benzene rings is 1. The van der Waals surface area contributed by atoms with Crippen LogP contribution in [0.15, 0.2) is 28.3 Å². The maximum Gasteiger partial charge on any atom is 0.133 e. The third-order valence-corrected chi connectivity index (χ3v) is 5.33. The van der Waals surface area contributed by atoms with E-state index in [1.165, 1.54) is 5.57 Å². The molecule has 3 heteroatoms. The monoisotopic (exact) mass is 352 g/mol. The molecule has 116 valence electrons. The molecule has 0 aromatic heterocycles. The van der Waals surface area contributed by atoms with Gasteiger partial charge in [-0.15, -0.1) is 0 Å². The molecule has 0 aliphatic heterocycles. The van der Waals surface area contributed by atoms with Crippen LogP contribution < -0.4 is 4.74 Å². The molecule has 1 aromatic carbocycles.